The molecule has 0 bridgehead atoms. The number of nitriles is 1. The largest absolute Gasteiger partial charge is 0.496 e. The molecule has 110 valence electrons. The van der Waals surface area contributed by atoms with Crippen molar-refractivity contribution in [1.29, 1.82) is 5.26 Å². The van der Waals surface area contributed by atoms with Gasteiger partial charge in [0.2, 0.25) is 0 Å². The Labute approximate surface area is 128 Å². The first-order chi connectivity index (χ1) is 10.7. The summed E-state index contributed by atoms with van der Waals surface area (Å²) in [5.41, 5.74) is 3.23. The average Bonchev–Trinajstić information content (AvgIpc) is 3.17. The zero-order valence-corrected chi connectivity index (χ0v) is 12.4. The summed E-state index contributed by atoms with van der Waals surface area (Å²) in [6.45, 7) is 0.636. The summed E-state index contributed by atoms with van der Waals surface area (Å²) in [5.74, 6) is 0.699. The Bertz CT molecular complexity index is 840. The van der Waals surface area contributed by atoms with Crippen molar-refractivity contribution in [2.75, 3.05) is 7.11 Å². The minimum absolute atomic E-state index is 0.581. The molecule has 6 heteroatoms. The zero-order valence-electron chi connectivity index (χ0n) is 12.4. The fraction of sp³-hybridized carbons (Fsp3) is 0.188. The lowest BCUT2D eigenvalue weighted by Gasteiger charge is -2.06. The molecule has 22 heavy (non-hydrogen) atoms. The van der Waals surface area contributed by atoms with Gasteiger partial charge >= 0.3 is 0 Å². The van der Waals surface area contributed by atoms with Gasteiger partial charge < -0.3 is 4.74 Å². The molecule has 2 heterocycles. The molecular formula is C16H15N5O. The maximum Gasteiger partial charge on any atom is 0.128 e. The van der Waals surface area contributed by atoms with E-state index < -0.39 is 0 Å². The predicted molar refractivity (Wildman–Crippen MR) is 81.2 cm³/mol. The van der Waals surface area contributed by atoms with Gasteiger partial charge in [-0.05, 0) is 30.3 Å². The van der Waals surface area contributed by atoms with Gasteiger partial charge in [0.1, 0.15) is 5.75 Å². The van der Waals surface area contributed by atoms with Crippen LogP contribution in [-0.2, 0) is 13.6 Å². The molecular weight excluding hydrogens is 278 g/mol. The van der Waals surface area contributed by atoms with Crippen LogP contribution in [0.1, 0.15) is 11.3 Å². The lowest BCUT2D eigenvalue weighted by atomic mass is 10.1. The fourth-order valence-electron chi connectivity index (χ4n) is 2.29. The molecule has 0 aliphatic rings. The first-order valence-electron chi connectivity index (χ1n) is 6.80. The molecule has 0 saturated heterocycles. The van der Waals surface area contributed by atoms with Gasteiger partial charge in [-0.15, -0.1) is 0 Å². The zero-order chi connectivity index (χ0) is 15.5. The van der Waals surface area contributed by atoms with Crippen molar-refractivity contribution in [1.82, 2.24) is 19.6 Å². The van der Waals surface area contributed by atoms with Gasteiger partial charge in [-0.3, -0.25) is 9.36 Å². The van der Waals surface area contributed by atoms with Crippen LogP contribution in [0.15, 0.2) is 42.7 Å². The predicted octanol–water partition coefficient (Wildman–Crippen LogP) is 2.21. The van der Waals surface area contributed by atoms with Crippen LogP contribution < -0.4 is 4.74 Å². The third-order valence-corrected chi connectivity index (χ3v) is 3.49. The topological polar surface area (TPSA) is 68.7 Å². The summed E-state index contributed by atoms with van der Waals surface area (Å²) in [5, 5.41) is 17.8. The van der Waals surface area contributed by atoms with E-state index in [1.54, 1.807) is 31.5 Å². The van der Waals surface area contributed by atoms with Gasteiger partial charge in [0, 0.05) is 25.0 Å². The highest BCUT2D eigenvalue weighted by molar-refractivity contribution is 5.68. The lowest BCUT2D eigenvalue weighted by molar-refractivity contribution is 0.416. The minimum atomic E-state index is 0.581. The Balaban J connectivity index is 1.94. The van der Waals surface area contributed by atoms with Crippen molar-refractivity contribution in [2.45, 2.75) is 6.54 Å². The molecule has 2 aromatic heterocycles. The van der Waals surface area contributed by atoms with Crippen molar-refractivity contribution in [3.8, 4) is 23.1 Å². The third-order valence-electron chi connectivity index (χ3n) is 3.49. The van der Waals surface area contributed by atoms with Crippen molar-refractivity contribution < 1.29 is 4.74 Å². The number of benzene rings is 1. The Kier molecular flexibility index (Phi) is 3.62. The number of methoxy groups -OCH3 is 1. The average molecular weight is 293 g/mol. The van der Waals surface area contributed by atoms with Crippen molar-refractivity contribution in [3.05, 3.63) is 54.0 Å². The van der Waals surface area contributed by atoms with Crippen molar-refractivity contribution >= 4 is 0 Å². The minimum Gasteiger partial charge on any atom is -0.496 e. The molecule has 0 fully saturated rings. The summed E-state index contributed by atoms with van der Waals surface area (Å²) in [6, 6.07) is 11.3. The van der Waals surface area contributed by atoms with Crippen LogP contribution in [0.2, 0.25) is 0 Å². The monoisotopic (exact) mass is 293 g/mol. The van der Waals surface area contributed by atoms with Gasteiger partial charge in [0.25, 0.3) is 0 Å². The molecule has 3 rings (SSSR count). The second kappa shape index (κ2) is 5.74. The Morgan fingerprint density at radius 2 is 2.14 bits per heavy atom. The third kappa shape index (κ3) is 2.56. The molecule has 0 N–H and O–H groups in total. The standard InChI is InChI=1S/C16H15N5O/c1-20-13(5-7-18-20)11-21-8-6-15(19-21)14-9-12(10-17)3-4-16(14)22-2/h3-9H,11H2,1-2H3. The molecule has 3 aromatic rings. The lowest BCUT2D eigenvalue weighted by Crippen LogP contribution is -2.06. The summed E-state index contributed by atoms with van der Waals surface area (Å²) in [6.07, 6.45) is 3.67. The highest BCUT2D eigenvalue weighted by Crippen LogP contribution is 2.29. The Hall–Kier alpha value is -3.07. The number of aryl methyl sites for hydroxylation is 1. The summed E-state index contributed by atoms with van der Waals surface area (Å²) in [4.78, 5) is 0. The van der Waals surface area contributed by atoms with E-state index in [0.29, 0.717) is 17.9 Å². The van der Waals surface area contributed by atoms with Gasteiger partial charge in [-0.25, -0.2) is 0 Å². The number of nitrogens with zero attached hydrogens (tertiary/aromatic N) is 5. The molecule has 0 unspecified atom stereocenters. The molecule has 0 aliphatic heterocycles. The van der Waals surface area contributed by atoms with Crippen LogP contribution >= 0.6 is 0 Å². The van der Waals surface area contributed by atoms with E-state index in [1.807, 2.05) is 34.7 Å². The fourth-order valence-corrected chi connectivity index (χ4v) is 2.29. The smallest absolute Gasteiger partial charge is 0.128 e. The van der Waals surface area contributed by atoms with Crippen molar-refractivity contribution in [2.24, 2.45) is 7.05 Å². The van der Waals surface area contributed by atoms with Crippen LogP contribution in [-0.4, -0.2) is 26.7 Å². The molecule has 0 spiro atoms. The highest BCUT2D eigenvalue weighted by atomic mass is 16.5. The van der Waals surface area contributed by atoms with E-state index >= 15 is 0 Å². The van der Waals surface area contributed by atoms with Gasteiger partial charge in [-0.2, -0.15) is 15.5 Å². The first-order valence-corrected chi connectivity index (χ1v) is 6.80. The van der Waals surface area contributed by atoms with E-state index in [1.165, 1.54) is 0 Å². The SMILES string of the molecule is COc1ccc(C#N)cc1-c1ccn(Cc2ccnn2C)n1. The Morgan fingerprint density at radius 1 is 1.27 bits per heavy atom. The number of hydrogen-bond acceptors (Lipinski definition) is 4. The van der Waals surface area contributed by atoms with Crippen LogP contribution in [0, 0.1) is 11.3 Å². The molecule has 0 radical (unpaired) electrons. The van der Waals surface area contributed by atoms with Gasteiger partial charge in [0.15, 0.2) is 0 Å². The van der Waals surface area contributed by atoms with Gasteiger partial charge in [-0.1, -0.05) is 0 Å². The van der Waals surface area contributed by atoms with Crippen LogP contribution in [0.3, 0.4) is 0 Å². The summed E-state index contributed by atoms with van der Waals surface area (Å²) < 4.78 is 9.02. The van der Waals surface area contributed by atoms with E-state index in [4.69, 9.17) is 10.00 Å². The maximum absolute atomic E-state index is 9.05. The van der Waals surface area contributed by atoms with Gasteiger partial charge in [0.05, 0.1) is 36.7 Å². The second-order valence-electron chi connectivity index (χ2n) is 4.87. The van der Waals surface area contributed by atoms with E-state index in [-0.39, 0.29) is 0 Å². The molecule has 0 aliphatic carbocycles. The summed E-state index contributed by atoms with van der Waals surface area (Å²) in [7, 11) is 3.51. The normalized spacial score (nSPS) is 10.4. The molecule has 0 atom stereocenters. The molecule has 0 amide bonds. The molecule has 6 nitrogen and oxygen atoms in total. The van der Waals surface area contributed by atoms with Crippen molar-refractivity contribution in [3.63, 3.8) is 0 Å². The van der Waals surface area contributed by atoms with E-state index in [9.17, 15) is 0 Å². The number of rotatable bonds is 4. The van der Waals surface area contributed by atoms with E-state index in [0.717, 1.165) is 17.0 Å². The van der Waals surface area contributed by atoms with Crippen LogP contribution in [0.25, 0.3) is 11.3 Å². The first kappa shape index (κ1) is 13.9. The highest BCUT2D eigenvalue weighted by Gasteiger charge is 2.11. The maximum atomic E-state index is 9.05. The quantitative estimate of drug-likeness (QED) is 0.739. The number of aromatic nitrogens is 4. The number of hydrogen-bond donors (Lipinski definition) is 0. The van der Waals surface area contributed by atoms with Crippen LogP contribution in [0.5, 0.6) is 5.75 Å². The summed E-state index contributed by atoms with van der Waals surface area (Å²) >= 11 is 0. The second-order valence-corrected chi connectivity index (χ2v) is 4.87. The molecule has 0 saturated carbocycles. The van der Waals surface area contributed by atoms with E-state index in [2.05, 4.69) is 16.3 Å². The molecule has 1 aromatic carbocycles. The van der Waals surface area contributed by atoms with Crippen LogP contribution in [0.4, 0.5) is 0 Å². The Morgan fingerprint density at radius 3 is 2.82 bits per heavy atom. The number of ether oxygens (including phenoxy) is 1.